The van der Waals surface area contributed by atoms with Crippen LogP contribution in [0, 0.1) is 13.8 Å². The Morgan fingerprint density at radius 3 is 2.24 bits per heavy atom. The van der Waals surface area contributed by atoms with Crippen molar-refractivity contribution in [1.29, 1.82) is 0 Å². The molecule has 4 rings (SSSR count). The SMILES string of the molecule is Cc1ccc(-n2nc(COc3ccc(OCC(=O)O)c(C)c3)nc2-c2ccc(OC(F)(F)F)cc2)cc1. The summed E-state index contributed by atoms with van der Waals surface area (Å²) >= 11 is 0. The quantitative estimate of drug-likeness (QED) is 0.316. The van der Waals surface area contributed by atoms with Crippen LogP contribution in [-0.2, 0) is 11.4 Å². The van der Waals surface area contributed by atoms with E-state index in [1.54, 1.807) is 29.8 Å². The number of carboxylic acid groups (broad SMARTS) is 1. The van der Waals surface area contributed by atoms with E-state index < -0.39 is 18.9 Å². The van der Waals surface area contributed by atoms with Gasteiger partial charge in [-0.2, -0.15) is 0 Å². The van der Waals surface area contributed by atoms with Crippen molar-refractivity contribution in [3.63, 3.8) is 0 Å². The Balaban J connectivity index is 1.58. The Kier molecular flexibility index (Phi) is 7.32. The predicted octanol–water partition coefficient (Wildman–Crippen LogP) is 5.49. The third kappa shape index (κ3) is 6.78. The van der Waals surface area contributed by atoms with Gasteiger partial charge in [0.1, 0.15) is 23.9 Å². The zero-order valence-corrected chi connectivity index (χ0v) is 19.8. The summed E-state index contributed by atoms with van der Waals surface area (Å²) in [6.45, 7) is 3.27. The van der Waals surface area contributed by atoms with E-state index in [1.165, 1.54) is 24.3 Å². The third-order valence-electron chi connectivity index (χ3n) is 5.14. The largest absolute Gasteiger partial charge is 0.573 e. The fourth-order valence-electron chi connectivity index (χ4n) is 3.44. The highest BCUT2D eigenvalue weighted by molar-refractivity contribution is 5.68. The normalized spacial score (nSPS) is 11.3. The summed E-state index contributed by atoms with van der Waals surface area (Å²) in [6.07, 6.45) is -4.78. The van der Waals surface area contributed by atoms with Gasteiger partial charge in [-0.25, -0.2) is 14.5 Å². The van der Waals surface area contributed by atoms with Gasteiger partial charge in [0.15, 0.2) is 18.3 Å². The van der Waals surface area contributed by atoms with E-state index in [0.717, 1.165) is 5.56 Å². The number of hydrogen-bond acceptors (Lipinski definition) is 6. The van der Waals surface area contributed by atoms with Crippen LogP contribution in [0.15, 0.2) is 66.7 Å². The Labute approximate surface area is 209 Å². The van der Waals surface area contributed by atoms with Crippen LogP contribution in [0.1, 0.15) is 17.0 Å². The summed E-state index contributed by atoms with van der Waals surface area (Å²) in [4.78, 5) is 15.3. The molecule has 0 aliphatic heterocycles. The molecule has 4 aromatic rings. The van der Waals surface area contributed by atoms with Gasteiger partial charge in [-0.3, -0.25) is 0 Å². The molecule has 11 heteroatoms. The minimum atomic E-state index is -4.78. The summed E-state index contributed by atoms with van der Waals surface area (Å²) in [5.41, 5.74) is 2.99. The number of ether oxygens (including phenoxy) is 3. The summed E-state index contributed by atoms with van der Waals surface area (Å²) < 4.78 is 54.2. The zero-order chi connectivity index (χ0) is 26.6. The van der Waals surface area contributed by atoms with E-state index in [0.29, 0.717) is 40.0 Å². The van der Waals surface area contributed by atoms with Crippen LogP contribution in [0.3, 0.4) is 0 Å². The summed E-state index contributed by atoms with van der Waals surface area (Å²) in [5, 5.41) is 13.3. The van der Waals surface area contributed by atoms with Gasteiger partial charge in [0, 0.05) is 5.56 Å². The third-order valence-corrected chi connectivity index (χ3v) is 5.14. The van der Waals surface area contributed by atoms with Gasteiger partial charge in [-0.1, -0.05) is 17.7 Å². The van der Waals surface area contributed by atoms with Gasteiger partial charge < -0.3 is 19.3 Å². The number of halogens is 3. The molecule has 0 bridgehead atoms. The van der Waals surface area contributed by atoms with Gasteiger partial charge in [0.2, 0.25) is 0 Å². The van der Waals surface area contributed by atoms with E-state index in [4.69, 9.17) is 14.6 Å². The number of hydrogen-bond donors (Lipinski definition) is 1. The number of alkyl halides is 3. The predicted molar refractivity (Wildman–Crippen MR) is 127 cm³/mol. The molecule has 8 nitrogen and oxygen atoms in total. The van der Waals surface area contributed by atoms with Gasteiger partial charge in [-0.05, 0) is 74.0 Å². The van der Waals surface area contributed by atoms with Crippen molar-refractivity contribution < 1.29 is 37.3 Å². The maximum absolute atomic E-state index is 12.5. The molecule has 0 fully saturated rings. The van der Waals surface area contributed by atoms with Crippen molar-refractivity contribution in [2.75, 3.05) is 6.61 Å². The minimum Gasteiger partial charge on any atom is -0.486 e. The monoisotopic (exact) mass is 513 g/mol. The second-order valence-electron chi connectivity index (χ2n) is 8.07. The molecule has 0 saturated heterocycles. The first-order chi connectivity index (χ1) is 17.6. The molecule has 0 radical (unpaired) electrons. The molecule has 1 aromatic heterocycles. The zero-order valence-electron chi connectivity index (χ0n) is 19.8. The lowest BCUT2D eigenvalue weighted by Crippen LogP contribution is -2.16. The van der Waals surface area contributed by atoms with Crippen molar-refractivity contribution >= 4 is 5.97 Å². The smallest absolute Gasteiger partial charge is 0.486 e. The van der Waals surface area contributed by atoms with E-state index in [1.807, 2.05) is 31.2 Å². The number of aromatic nitrogens is 3. The van der Waals surface area contributed by atoms with Crippen LogP contribution in [0.4, 0.5) is 13.2 Å². The number of carboxylic acids is 1. The molecule has 1 N–H and O–H groups in total. The highest BCUT2D eigenvalue weighted by atomic mass is 19.4. The van der Waals surface area contributed by atoms with Crippen molar-refractivity contribution in [2.24, 2.45) is 0 Å². The first kappa shape index (κ1) is 25.5. The molecule has 3 aromatic carbocycles. The van der Waals surface area contributed by atoms with Crippen molar-refractivity contribution in [3.05, 3.63) is 83.7 Å². The van der Waals surface area contributed by atoms with Crippen LogP contribution >= 0.6 is 0 Å². The van der Waals surface area contributed by atoms with Crippen molar-refractivity contribution in [3.8, 4) is 34.3 Å². The second kappa shape index (κ2) is 10.6. The van der Waals surface area contributed by atoms with Gasteiger partial charge in [-0.15, -0.1) is 18.3 Å². The molecule has 0 aliphatic rings. The fraction of sp³-hybridized carbons (Fsp3) is 0.192. The van der Waals surface area contributed by atoms with E-state index in [9.17, 15) is 18.0 Å². The van der Waals surface area contributed by atoms with Crippen LogP contribution in [0.2, 0.25) is 0 Å². The summed E-state index contributed by atoms with van der Waals surface area (Å²) in [7, 11) is 0. The number of benzene rings is 3. The number of aliphatic carboxylic acids is 1. The summed E-state index contributed by atoms with van der Waals surface area (Å²) in [6, 6.07) is 17.9. The average molecular weight is 513 g/mol. The molecule has 0 saturated carbocycles. The molecule has 192 valence electrons. The van der Waals surface area contributed by atoms with Gasteiger partial charge in [0.05, 0.1) is 5.69 Å². The Hall–Kier alpha value is -4.54. The maximum atomic E-state index is 12.5. The lowest BCUT2D eigenvalue weighted by molar-refractivity contribution is -0.274. The summed E-state index contributed by atoms with van der Waals surface area (Å²) in [5.74, 6) is 0.268. The average Bonchev–Trinajstić information content (AvgIpc) is 3.26. The molecule has 0 aliphatic carbocycles. The van der Waals surface area contributed by atoms with Crippen LogP contribution in [-0.4, -0.2) is 38.8 Å². The Morgan fingerprint density at radius 2 is 1.62 bits per heavy atom. The maximum Gasteiger partial charge on any atom is 0.573 e. The van der Waals surface area contributed by atoms with Crippen molar-refractivity contribution in [1.82, 2.24) is 14.8 Å². The standard InChI is InChI=1S/C26H22F3N3O5/c1-16-3-7-19(8-4-16)32-25(18-5-9-20(10-6-18)37-26(27,28)29)30-23(31-32)14-35-21-11-12-22(17(2)13-21)36-15-24(33)34/h3-13H,14-15H2,1-2H3,(H,33,34). The molecule has 1 heterocycles. The highest BCUT2D eigenvalue weighted by Gasteiger charge is 2.31. The first-order valence-corrected chi connectivity index (χ1v) is 11.0. The number of rotatable bonds is 9. The van der Waals surface area contributed by atoms with Gasteiger partial charge >= 0.3 is 12.3 Å². The molecule has 0 atom stereocenters. The molecular formula is C26H22F3N3O5. The topological polar surface area (TPSA) is 95.7 Å². The molecule has 37 heavy (non-hydrogen) atoms. The number of nitrogens with zero attached hydrogens (tertiary/aromatic N) is 3. The molecule has 0 spiro atoms. The van der Waals surface area contributed by atoms with Crippen LogP contribution in [0.5, 0.6) is 17.2 Å². The van der Waals surface area contributed by atoms with Crippen molar-refractivity contribution in [2.45, 2.75) is 26.8 Å². The number of carbonyl (C=O) groups is 1. The molecule has 0 amide bonds. The molecular weight excluding hydrogens is 491 g/mol. The van der Waals surface area contributed by atoms with Crippen LogP contribution in [0.25, 0.3) is 17.1 Å². The first-order valence-electron chi connectivity index (χ1n) is 11.0. The van der Waals surface area contributed by atoms with E-state index in [-0.39, 0.29) is 12.4 Å². The minimum absolute atomic E-state index is 0.00982. The second-order valence-corrected chi connectivity index (χ2v) is 8.07. The lowest BCUT2D eigenvalue weighted by Gasteiger charge is -2.10. The Bertz CT molecular complexity index is 1380. The Morgan fingerprint density at radius 1 is 0.946 bits per heavy atom. The molecule has 0 unspecified atom stereocenters. The number of aryl methyl sites for hydroxylation is 2. The van der Waals surface area contributed by atoms with Gasteiger partial charge in [0.25, 0.3) is 0 Å². The van der Waals surface area contributed by atoms with Crippen LogP contribution < -0.4 is 14.2 Å². The highest BCUT2D eigenvalue weighted by Crippen LogP contribution is 2.28. The van der Waals surface area contributed by atoms with E-state index in [2.05, 4.69) is 14.8 Å². The lowest BCUT2D eigenvalue weighted by atomic mass is 10.2. The van der Waals surface area contributed by atoms with E-state index >= 15 is 0 Å². The fourth-order valence-corrected chi connectivity index (χ4v) is 3.44.